The van der Waals surface area contributed by atoms with E-state index in [1.54, 1.807) is 11.9 Å². The van der Waals surface area contributed by atoms with E-state index in [1.165, 1.54) is 16.7 Å². The van der Waals surface area contributed by atoms with E-state index < -0.39 is 40.1 Å². The Hall–Kier alpha value is -2.10. The van der Waals surface area contributed by atoms with Gasteiger partial charge in [0.15, 0.2) is 0 Å². The van der Waals surface area contributed by atoms with Crippen LogP contribution in [0.1, 0.15) is 32.3 Å². The summed E-state index contributed by atoms with van der Waals surface area (Å²) in [6.45, 7) is 5.72. The van der Waals surface area contributed by atoms with Crippen molar-refractivity contribution in [1.29, 1.82) is 0 Å². The van der Waals surface area contributed by atoms with Crippen LogP contribution in [0.25, 0.3) is 0 Å². The zero-order valence-electron chi connectivity index (χ0n) is 19.6. The minimum absolute atomic E-state index is 0.0583. The first kappa shape index (κ1) is 24.0. The maximum atomic E-state index is 13.1. The standard InChI is InChI=1S/C24H33N3O5S/c1-24(2)19(23(31)32-14-15-8-6-5-7-9-15)27-20(29)17(22(27)33-24)18(28)21(30)26(4)16-10-12-25(3)13-11-16/h5-9,16-19,22,28H,10-14H2,1-4H3/t17-,18+,19+,22-/m1/s1. The SMILES string of the molecule is CN1CCC(N(C)C(=O)[C@@H](O)[C@@H]2C(=O)N3[C@@H]2SC(C)(C)[C@@H]3C(=O)OCc2ccccc2)CC1. The molecule has 2 amide bonds. The number of aliphatic hydroxyl groups is 1. The van der Waals surface area contributed by atoms with Crippen LogP contribution in [-0.4, -0.2) is 93.1 Å². The number of piperidine rings is 1. The van der Waals surface area contributed by atoms with E-state index in [2.05, 4.69) is 11.9 Å². The lowest BCUT2D eigenvalue weighted by molar-refractivity contribution is -0.175. The zero-order chi connectivity index (χ0) is 23.9. The van der Waals surface area contributed by atoms with Crippen molar-refractivity contribution < 1.29 is 24.2 Å². The summed E-state index contributed by atoms with van der Waals surface area (Å²) in [5.74, 6) is -2.09. The summed E-state index contributed by atoms with van der Waals surface area (Å²) in [5, 5.41) is 10.5. The third kappa shape index (κ3) is 4.50. The van der Waals surface area contributed by atoms with Crippen molar-refractivity contribution in [2.24, 2.45) is 5.92 Å². The van der Waals surface area contributed by atoms with E-state index in [1.807, 2.05) is 44.2 Å². The fourth-order valence-corrected chi connectivity index (χ4v) is 6.76. The number of nitrogens with zero attached hydrogens (tertiary/aromatic N) is 3. The number of hydrogen-bond donors (Lipinski definition) is 1. The van der Waals surface area contributed by atoms with Crippen molar-refractivity contribution in [2.75, 3.05) is 27.2 Å². The van der Waals surface area contributed by atoms with Gasteiger partial charge in [0.25, 0.3) is 5.91 Å². The lowest BCUT2D eigenvalue weighted by Gasteiger charge is -2.46. The van der Waals surface area contributed by atoms with Gasteiger partial charge in [-0.25, -0.2) is 4.79 Å². The summed E-state index contributed by atoms with van der Waals surface area (Å²) in [6, 6.07) is 8.69. The van der Waals surface area contributed by atoms with Gasteiger partial charge in [-0.05, 0) is 52.4 Å². The highest BCUT2D eigenvalue weighted by Gasteiger charge is 2.66. The minimum atomic E-state index is -1.41. The molecule has 3 fully saturated rings. The average molecular weight is 476 g/mol. The summed E-state index contributed by atoms with van der Waals surface area (Å²) >= 11 is 1.45. The number of carbonyl (C=O) groups excluding carboxylic acids is 3. The molecule has 3 aliphatic heterocycles. The molecule has 3 aliphatic rings. The number of benzene rings is 1. The Morgan fingerprint density at radius 2 is 1.88 bits per heavy atom. The van der Waals surface area contributed by atoms with Gasteiger partial charge in [0.2, 0.25) is 5.91 Å². The molecular weight excluding hydrogens is 442 g/mol. The smallest absolute Gasteiger partial charge is 0.330 e. The number of esters is 1. The van der Waals surface area contributed by atoms with Crippen LogP contribution in [0.2, 0.25) is 0 Å². The summed E-state index contributed by atoms with van der Waals surface area (Å²) in [4.78, 5) is 44.4. The van der Waals surface area contributed by atoms with Gasteiger partial charge in [-0.2, -0.15) is 0 Å². The Labute approximate surface area is 199 Å². The van der Waals surface area contributed by atoms with Gasteiger partial charge in [-0.3, -0.25) is 9.59 Å². The van der Waals surface area contributed by atoms with Gasteiger partial charge >= 0.3 is 5.97 Å². The van der Waals surface area contributed by atoms with Gasteiger partial charge in [-0.15, -0.1) is 11.8 Å². The molecule has 9 heteroatoms. The molecule has 180 valence electrons. The summed E-state index contributed by atoms with van der Waals surface area (Å²) < 4.78 is 4.94. The van der Waals surface area contributed by atoms with Crippen molar-refractivity contribution in [3.8, 4) is 0 Å². The molecule has 0 saturated carbocycles. The van der Waals surface area contributed by atoms with Crippen LogP contribution in [0.3, 0.4) is 0 Å². The van der Waals surface area contributed by atoms with Gasteiger partial charge in [0.05, 0.1) is 5.37 Å². The third-order valence-corrected chi connectivity index (χ3v) is 8.70. The quantitative estimate of drug-likeness (QED) is 0.490. The number of hydrogen-bond acceptors (Lipinski definition) is 7. The Kier molecular flexibility index (Phi) is 6.75. The van der Waals surface area contributed by atoms with E-state index in [0.717, 1.165) is 31.5 Å². The number of likely N-dealkylation sites (N-methyl/N-ethyl adjacent to an activating group) is 1. The van der Waals surface area contributed by atoms with Crippen molar-refractivity contribution in [3.63, 3.8) is 0 Å². The second-order valence-electron chi connectivity index (χ2n) is 9.81. The molecule has 0 unspecified atom stereocenters. The molecule has 0 aliphatic carbocycles. The van der Waals surface area contributed by atoms with Crippen LogP contribution >= 0.6 is 11.8 Å². The van der Waals surface area contributed by atoms with Gasteiger partial charge in [-0.1, -0.05) is 30.3 Å². The highest BCUT2D eigenvalue weighted by molar-refractivity contribution is 8.01. The number of likely N-dealkylation sites (tertiary alicyclic amines) is 1. The fourth-order valence-electron chi connectivity index (χ4n) is 5.05. The second kappa shape index (κ2) is 9.27. The molecule has 3 heterocycles. The van der Waals surface area contributed by atoms with Gasteiger partial charge in [0, 0.05) is 17.8 Å². The molecule has 1 aromatic rings. The van der Waals surface area contributed by atoms with Crippen molar-refractivity contribution >= 4 is 29.5 Å². The van der Waals surface area contributed by atoms with Gasteiger partial charge in [0.1, 0.15) is 24.7 Å². The molecule has 1 N–H and O–H groups in total. The van der Waals surface area contributed by atoms with Crippen LogP contribution < -0.4 is 0 Å². The average Bonchev–Trinajstić information content (AvgIpc) is 3.04. The topological polar surface area (TPSA) is 90.4 Å². The highest BCUT2D eigenvalue weighted by Crippen LogP contribution is 2.54. The van der Waals surface area contributed by atoms with E-state index in [4.69, 9.17) is 4.74 Å². The van der Waals surface area contributed by atoms with Crippen molar-refractivity contribution in [3.05, 3.63) is 35.9 Å². The van der Waals surface area contributed by atoms with Crippen LogP contribution in [0.5, 0.6) is 0 Å². The Bertz CT molecular complexity index is 903. The molecule has 0 spiro atoms. The summed E-state index contributed by atoms with van der Waals surface area (Å²) in [5.41, 5.74) is 0.872. The predicted molar refractivity (Wildman–Crippen MR) is 125 cm³/mol. The van der Waals surface area contributed by atoms with Gasteiger partial charge < -0.3 is 24.5 Å². The van der Waals surface area contributed by atoms with Crippen LogP contribution in [-0.2, 0) is 25.7 Å². The Morgan fingerprint density at radius 3 is 2.52 bits per heavy atom. The summed E-state index contributed by atoms with van der Waals surface area (Å²) in [6.07, 6.45) is 0.277. The van der Waals surface area contributed by atoms with Crippen LogP contribution in [0.4, 0.5) is 0 Å². The monoisotopic (exact) mass is 475 g/mol. The van der Waals surface area contributed by atoms with E-state index in [9.17, 15) is 19.5 Å². The Morgan fingerprint density at radius 1 is 1.24 bits per heavy atom. The second-order valence-corrected chi connectivity index (χ2v) is 11.6. The van der Waals surface area contributed by atoms with Crippen molar-refractivity contribution in [1.82, 2.24) is 14.7 Å². The number of β-lactam (4-membered cyclic amide) rings is 1. The molecule has 4 rings (SSSR count). The summed E-state index contributed by atoms with van der Waals surface area (Å²) in [7, 11) is 3.76. The highest BCUT2D eigenvalue weighted by atomic mass is 32.2. The molecule has 1 aromatic carbocycles. The number of fused-ring (bicyclic) bond motifs is 1. The first-order valence-corrected chi connectivity index (χ1v) is 12.3. The molecule has 0 bridgehead atoms. The molecule has 4 atom stereocenters. The lowest BCUT2D eigenvalue weighted by Crippen LogP contribution is -2.67. The molecule has 3 saturated heterocycles. The first-order valence-electron chi connectivity index (χ1n) is 11.5. The van der Waals surface area contributed by atoms with E-state index in [-0.39, 0.29) is 18.6 Å². The molecule has 0 radical (unpaired) electrons. The third-order valence-electron chi connectivity index (χ3n) is 7.11. The predicted octanol–water partition coefficient (Wildman–Crippen LogP) is 1.32. The Balaban J connectivity index is 1.41. The maximum Gasteiger partial charge on any atom is 0.330 e. The van der Waals surface area contributed by atoms with Crippen LogP contribution in [0.15, 0.2) is 30.3 Å². The maximum absolute atomic E-state index is 13.1. The van der Waals surface area contributed by atoms with Crippen molar-refractivity contribution in [2.45, 2.75) is 61.6 Å². The minimum Gasteiger partial charge on any atom is -0.459 e. The zero-order valence-corrected chi connectivity index (χ0v) is 20.5. The molecular formula is C24H33N3O5S. The van der Waals surface area contributed by atoms with E-state index >= 15 is 0 Å². The van der Waals surface area contributed by atoms with Crippen LogP contribution in [0, 0.1) is 5.92 Å². The normalized spacial score (nSPS) is 28.1. The number of carbonyl (C=O) groups is 3. The molecule has 8 nitrogen and oxygen atoms in total. The first-order chi connectivity index (χ1) is 15.6. The molecule has 33 heavy (non-hydrogen) atoms. The molecule has 0 aromatic heterocycles. The number of thioether (sulfide) groups is 1. The van der Waals surface area contributed by atoms with E-state index in [0.29, 0.717) is 0 Å². The number of amides is 2. The fraction of sp³-hybridized carbons (Fsp3) is 0.625. The number of rotatable bonds is 6. The number of ether oxygens (including phenoxy) is 1. The lowest BCUT2D eigenvalue weighted by atomic mass is 9.87. The number of aliphatic hydroxyl groups excluding tert-OH is 1. The largest absolute Gasteiger partial charge is 0.459 e.